The van der Waals surface area contributed by atoms with Crippen molar-refractivity contribution in [2.75, 3.05) is 17.8 Å². The lowest BCUT2D eigenvalue weighted by molar-refractivity contribution is -0.138. The molecule has 1 aliphatic rings. The third kappa shape index (κ3) is 5.24. The number of likely N-dealkylation sites (tertiary alicyclic amines) is 1. The fourth-order valence-corrected chi connectivity index (χ4v) is 4.16. The normalized spacial score (nSPS) is 14.1. The van der Waals surface area contributed by atoms with Crippen molar-refractivity contribution in [1.82, 2.24) is 10.2 Å². The van der Waals surface area contributed by atoms with Gasteiger partial charge in [-0.15, -0.1) is 0 Å². The van der Waals surface area contributed by atoms with Crippen LogP contribution in [0.15, 0.2) is 53.4 Å². The van der Waals surface area contributed by atoms with Gasteiger partial charge in [-0.3, -0.25) is 24.0 Å². The third-order valence-electron chi connectivity index (χ3n) is 4.71. The van der Waals surface area contributed by atoms with E-state index in [1.807, 2.05) is 6.92 Å². The third-order valence-corrected chi connectivity index (χ3v) is 6.09. The summed E-state index contributed by atoms with van der Waals surface area (Å²) in [6, 6.07) is 12.7. The highest BCUT2D eigenvalue weighted by atomic mass is 32.2. The Bertz CT molecular complexity index is 1050. The van der Waals surface area contributed by atoms with Gasteiger partial charge in [0.25, 0.3) is 15.9 Å². The van der Waals surface area contributed by atoms with E-state index in [0.717, 1.165) is 5.56 Å². The van der Waals surface area contributed by atoms with Crippen LogP contribution in [0, 0.1) is 6.92 Å². The molecule has 0 bridgehead atoms. The van der Waals surface area contributed by atoms with Crippen LogP contribution in [0.3, 0.4) is 0 Å². The molecular formula is C21H23N3O5S. The molecule has 1 fully saturated rings. The average Bonchev–Trinajstić information content (AvgIpc) is 3.04. The highest BCUT2D eigenvalue weighted by Crippen LogP contribution is 2.18. The largest absolute Gasteiger partial charge is 0.352 e. The van der Waals surface area contributed by atoms with Crippen molar-refractivity contribution in [3.05, 3.63) is 59.7 Å². The second-order valence-corrected chi connectivity index (χ2v) is 8.73. The van der Waals surface area contributed by atoms with E-state index in [9.17, 15) is 22.8 Å². The lowest BCUT2D eigenvalue weighted by Gasteiger charge is -2.14. The van der Waals surface area contributed by atoms with Crippen LogP contribution >= 0.6 is 0 Å². The summed E-state index contributed by atoms with van der Waals surface area (Å²) in [5, 5.41) is 2.68. The molecule has 2 N–H and O–H groups in total. The summed E-state index contributed by atoms with van der Waals surface area (Å²) in [7, 11) is -3.84. The zero-order chi connectivity index (χ0) is 21.7. The average molecular weight is 429 g/mol. The summed E-state index contributed by atoms with van der Waals surface area (Å²) in [5.41, 5.74) is 1.65. The molecule has 0 unspecified atom stereocenters. The van der Waals surface area contributed by atoms with Crippen LogP contribution < -0.4 is 10.0 Å². The Kier molecular flexibility index (Phi) is 6.51. The van der Waals surface area contributed by atoms with Crippen molar-refractivity contribution < 1.29 is 22.8 Å². The maximum atomic E-state index is 12.6. The van der Waals surface area contributed by atoms with E-state index in [4.69, 9.17) is 0 Å². The number of hydrogen-bond donors (Lipinski definition) is 2. The SMILES string of the molecule is Cc1ccc(NS(=O)(=O)c2cccc(C(=O)NCCCN3C(=O)CCC3=O)c2)cc1. The second-order valence-electron chi connectivity index (χ2n) is 7.05. The number of nitrogens with zero attached hydrogens (tertiary/aromatic N) is 1. The van der Waals surface area contributed by atoms with Gasteiger partial charge >= 0.3 is 0 Å². The number of imide groups is 1. The number of hydrogen-bond acceptors (Lipinski definition) is 5. The molecule has 3 rings (SSSR count). The van der Waals surface area contributed by atoms with Crippen molar-refractivity contribution >= 4 is 33.4 Å². The Morgan fingerprint density at radius 2 is 1.70 bits per heavy atom. The molecule has 3 amide bonds. The van der Waals surface area contributed by atoms with Gasteiger partial charge in [-0.1, -0.05) is 23.8 Å². The Hall–Kier alpha value is -3.20. The first-order valence-corrected chi connectivity index (χ1v) is 11.1. The standard InChI is InChI=1S/C21H23N3O5S/c1-15-6-8-17(9-7-15)23-30(28,29)18-5-2-4-16(14-18)21(27)22-12-3-13-24-19(25)10-11-20(24)26/h2,4-9,14,23H,3,10-13H2,1H3,(H,22,27). The number of rotatable bonds is 8. The van der Waals surface area contributed by atoms with Gasteiger partial charge in [0.1, 0.15) is 0 Å². The Morgan fingerprint density at radius 1 is 1.03 bits per heavy atom. The summed E-state index contributed by atoms with van der Waals surface area (Å²) in [4.78, 5) is 36.7. The number of amides is 3. The molecule has 2 aromatic carbocycles. The number of aryl methyl sites for hydroxylation is 1. The van der Waals surface area contributed by atoms with Gasteiger partial charge in [-0.05, 0) is 43.7 Å². The highest BCUT2D eigenvalue weighted by molar-refractivity contribution is 7.92. The first kappa shape index (κ1) is 21.5. The zero-order valence-corrected chi connectivity index (χ0v) is 17.4. The Balaban J connectivity index is 1.58. The molecule has 1 saturated heterocycles. The molecule has 0 saturated carbocycles. The number of benzene rings is 2. The molecule has 0 radical (unpaired) electrons. The summed E-state index contributed by atoms with van der Waals surface area (Å²) in [5.74, 6) is -0.808. The van der Waals surface area contributed by atoms with Gasteiger partial charge in [0.2, 0.25) is 11.8 Å². The summed E-state index contributed by atoms with van der Waals surface area (Å²) >= 11 is 0. The van der Waals surface area contributed by atoms with E-state index in [1.165, 1.54) is 29.2 Å². The molecule has 158 valence electrons. The van der Waals surface area contributed by atoms with Crippen LogP contribution in [0.1, 0.15) is 35.2 Å². The topological polar surface area (TPSA) is 113 Å². The smallest absolute Gasteiger partial charge is 0.261 e. The molecule has 1 heterocycles. The molecule has 1 aliphatic heterocycles. The summed E-state index contributed by atoms with van der Waals surface area (Å²) in [6.45, 7) is 2.42. The van der Waals surface area contributed by atoms with Gasteiger partial charge < -0.3 is 5.32 Å². The minimum atomic E-state index is -3.84. The molecule has 0 aliphatic carbocycles. The number of carbonyl (C=O) groups excluding carboxylic acids is 3. The predicted molar refractivity (Wildman–Crippen MR) is 111 cm³/mol. The maximum Gasteiger partial charge on any atom is 0.261 e. The first-order chi connectivity index (χ1) is 14.3. The van der Waals surface area contributed by atoms with Gasteiger partial charge in [-0.2, -0.15) is 0 Å². The van der Waals surface area contributed by atoms with Crippen molar-refractivity contribution in [2.24, 2.45) is 0 Å². The van der Waals surface area contributed by atoms with E-state index in [1.54, 1.807) is 24.3 Å². The van der Waals surface area contributed by atoms with Crippen molar-refractivity contribution in [3.8, 4) is 0 Å². The van der Waals surface area contributed by atoms with E-state index in [0.29, 0.717) is 12.1 Å². The van der Waals surface area contributed by atoms with E-state index >= 15 is 0 Å². The van der Waals surface area contributed by atoms with Crippen LogP contribution in [-0.4, -0.2) is 44.1 Å². The van der Waals surface area contributed by atoms with E-state index in [-0.39, 0.29) is 48.2 Å². The number of anilines is 1. The fraction of sp³-hybridized carbons (Fsp3) is 0.286. The van der Waals surface area contributed by atoms with Gasteiger partial charge in [-0.25, -0.2) is 8.42 Å². The quantitative estimate of drug-likeness (QED) is 0.493. The van der Waals surface area contributed by atoms with Crippen LogP contribution in [0.4, 0.5) is 5.69 Å². The predicted octanol–water partition coefficient (Wildman–Crippen LogP) is 2.06. The summed E-state index contributed by atoms with van der Waals surface area (Å²) in [6.07, 6.45) is 0.905. The Morgan fingerprint density at radius 3 is 2.37 bits per heavy atom. The van der Waals surface area contributed by atoms with Crippen LogP contribution in [0.2, 0.25) is 0 Å². The lowest BCUT2D eigenvalue weighted by atomic mass is 10.2. The molecule has 0 aromatic heterocycles. The summed E-state index contributed by atoms with van der Waals surface area (Å²) < 4.78 is 27.7. The maximum absolute atomic E-state index is 12.6. The number of sulfonamides is 1. The molecule has 30 heavy (non-hydrogen) atoms. The number of nitrogens with one attached hydrogen (secondary N) is 2. The molecule has 0 atom stereocenters. The minimum absolute atomic E-state index is 0.0241. The molecule has 2 aromatic rings. The lowest BCUT2D eigenvalue weighted by Crippen LogP contribution is -2.33. The van der Waals surface area contributed by atoms with Crippen molar-refractivity contribution in [1.29, 1.82) is 0 Å². The first-order valence-electron chi connectivity index (χ1n) is 9.57. The van der Waals surface area contributed by atoms with E-state index in [2.05, 4.69) is 10.0 Å². The Labute approximate surface area is 175 Å². The second kappa shape index (κ2) is 9.08. The molecule has 0 spiro atoms. The van der Waals surface area contributed by atoms with Crippen LogP contribution in [-0.2, 0) is 19.6 Å². The fourth-order valence-electron chi connectivity index (χ4n) is 3.05. The van der Waals surface area contributed by atoms with Crippen molar-refractivity contribution in [2.45, 2.75) is 31.1 Å². The minimum Gasteiger partial charge on any atom is -0.352 e. The van der Waals surface area contributed by atoms with Gasteiger partial charge in [0, 0.05) is 37.2 Å². The zero-order valence-electron chi connectivity index (χ0n) is 16.6. The van der Waals surface area contributed by atoms with Crippen LogP contribution in [0.25, 0.3) is 0 Å². The monoisotopic (exact) mass is 429 g/mol. The molecular weight excluding hydrogens is 406 g/mol. The highest BCUT2D eigenvalue weighted by Gasteiger charge is 2.28. The van der Waals surface area contributed by atoms with Gasteiger partial charge in [0.15, 0.2) is 0 Å². The van der Waals surface area contributed by atoms with Crippen molar-refractivity contribution in [3.63, 3.8) is 0 Å². The van der Waals surface area contributed by atoms with Crippen LogP contribution in [0.5, 0.6) is 0 Å². The van der Waals surface area contributed by atoms with Gasteiger partial charge in [0.05, 0.1) is 4.90 Å². The number of carbonyl (C=O) groups is 3. The van der Waals surface area contributed by atoms with E-state index < -0.39 is 15.9 Å². The molecule has 8 nitrogen and oxygen atoms in total. The molecule has 9 heteroatoms.